The summed E-state index contributed by atoms with van der Waals surface area (Å²) in [6, 6.07) is 0. The lowest BCUT2D eigenvalue weighted by molar-refractivity contribution is 0.516. The van der Waals surface area contributed by atoms with E-state index in [1.807, 2.05) is 0 Å². The predicted molar refractivity (Wildman–Crippen MR) is 47.1 cm³/mol. The second-order valence-electron chi connectivity index (χ2n) is 2.91. The Balaban J connectivity index is 2.14. The zero-order chi connectivity index (χ0) is 8.86. The molecule has 0 aliphatic carbocycles. The van der Waals surface area contributed by atoms with Crippen LogP contribution in [-0.2, 0) is 0 Å². The van der Waals surface area contributed by atoms with Crippen molar-refractivity contribution in [3.8, 4) is 0 Å². The predicted octanol–water partition coefficient (Wildman–Crippen LogP) is 3.68. The molecule has 1 aliphatic heterocycles. The highest BCUT2D eigenvalue weighted by Gasteiger charge is 2.28. The number of nitrogens with zero attached hydrogens (tertiary/aromatic N) is 4. The fourth-order valence-corrected chi connectivity index (χ4v) is 1.28. The van der Waals surface area contributed by atoms with E-state index in [2.05, 4.69) is 27.6 Å². The number of rotatable bonds is 5. The van der Waals surface area contributed by atoms with E-state index in [9.17, 15) is 0 Å². The quantitative estimate of drug-likeness (QED) is 0.359. The third kappa shape index (κ3) is 2.85. The van der Waals surface area contributed by atoms with Crippen molar-refractivity contribution in [2.75, 3.05) is 0 Å². The smallest absolute Gasteiger partial charge is 0.118 e. The standard InChI is InChI=1S/C7H13ClN4/c1-2-3-4-5-6-7(8)9-11-12-10-7/h2-6H2,1H3. The zero-order valence-corrected chi connectivity index (χ0v) is 7.96. The molecule has 1 heterocycles. The minimum absolute atomic E-state index is 0.738. The third-order valence-corrected chi connectivity index (χ3v) is 2.12. The highest BCUT2D eigenvalue weighted by atomic mass is 35.5. The second-order valence-corrected chi connectivity index (χ2v) is 3.51. The number of halogens is 1. The molecule has 4 nitrogen and oxygen atoms in total. The summed E-state index contributed by atoms with van der Waals surface area (Å²) in [4.78, 5) is 0. The van der Waals surface area contributed by atoms with Gasteiger partial charge >= 0.3 is 0 Å². The first kappa shape index (κ1) is 9.58. The van der Waals surface area contributed by atoms with Gasteiger partial charge in [-0.3, -0.25) is 0 Å². The molecule has 1 aliphatic rings. The van der Waals surface area contributed by atoms with Crippen LogP contribution in [-0.4, -0.2) is 5.12 Å². The zero-order valence-electron chi connectivity index (χ0n) is 7.20. The van der Waals surface area contributed by atoms with Gasteiger partial charge < -0.3 is 0 Å². The lowest BCUT2D eigenvalue weighted by atomic mass is 10.1. The van der Waals surface area contributed by atoms with E-state index in [-0.39, 0.29) is 0 Å². The molecule has 5 heteroatoms. The second kappa shape index (κ2) is 4.50. The number of alkyl halides is 1. The molecule has 0 aromatic heterocycles. The molecule has 0 fully saturated rings. The van der Waals surface area contributed by atoms with Gasteiger partial charge in [0.15, 0.2) is 0 Å². The van der Waals surface area contributed by atoms with Gasteiger partial charge in [0.25, 0.3) is 5.12 Å². The molecule has 1 rings (SSSR count). The van der Waals surface area contributed by atoms with E-state index in [1.54, 1.807) is 0 Å². The van der Waals surface area contributed by atoms with Crippen molar-refractivity contribution >= 4 is 11.6 Å². The molecule has 0 saturated heterocycles. The summed E-state index contributed by atoms with van der Waals surface area (Å²) >= 11 is 5.93. The molecule has 0 N–H and O–H groups in total. The van der Waals surface area contributed by atoms with Crippen LogP contribution in [0, 0.1) is 0 Å². The number of unbranched alkanes of at least 4 members (excludes halogenated alkanes) is 3. The lowest BCUT2D eigenvalue weighted by Gasteiger charge is -2.09. The topological polar surface area (TPSA) is 49.4 Å². The monoisotopic (exact) mass is 188 g/mol. The Morgan fingerprint density at radius 2 is 1.75 bits per heavy atom. The Kier molecular flexibility index (Phi) is 3.59. The third-order valence-electron chi connectivity index (χ3n) is 1.78. The number of hydrogen-bond acceptors (Lipinski definition) is 4. The van der Waals surface area contributed by atoms with Crippen LogP contribution in [0.4, 0.5) is 0 Å². The molecule has 0 aromatic rings. The summed E-state index contributed by atoms with van der Waals surface area (Å²) in [5.74, 6) is 0. The number of hydrogen-bond donors (Lipinski definition) is 0. The first-order chi connectivity index (χ1) is 5.77. The van der Waals surface area contributed by atoms with Gasteiger partial charge in [0.05, 0.1) is 0 Å². The Morgan fingerprint density at radius 1 is 1.08 bits per heavy atom. The van der Waals surface area contributed by atoms with Gasteiger partial charge in [0.1, 0.15) is 0 Å². The maximum atomic E-state index is 5.93. The van der Waals surface area contributed by atoms with Crippen molar-refractivity contribution in [1.29, 1.82) is 0 Å². The van der Waals surface area contributed by atoms with Gasteiger partial charge in [0.2, 0.25) is 0 Å². The fourth-order valence-electron chi connectivity index (χ4n) is 1.07. The Labute approximate surface area is 77.1 Å². The van der Waals surface area contributed by atoms with Crippen molar-refractivity contribution in [3.05, 3.63) is 0 Å². The van der Waals surface area contributed by atoms with Crippen molar-refractivity contribution in [3.63, 3.8) is 0 Å². The summed E-state index contributed by atoms with van der Waals surface area (Å²) in [6.07, 6.45) is 5.41. The normalized spacial score (nSPS) is 18.8. The SMILES string of the molecule is CCCCCCC1(Cl)N=NN=N1. The van der Waals surface area contributed by atoms with Gasteiger partial charge in [-0.05, 0) is 16.9 Å². The highest BCUT2D eigenvalue weighted by molar-refractivity contribution is 6.23. The van der Waals surface area contributed by atoms with E-state index >= 15 is 0 Å². The molecule has 0 amide bonds. The maximum absolute atomic E-state index is 5.93. The van der Waals surface area contributed by atoms with Gasteiger partial charge in [-0.15, -0.1) is 10.2 Å². The molecule has 0 unspecified atom stereocenters. The van der Waals surface area contributed by atoms with Crippen LogP contribution >= 0.6 is 11.6 Å². The minimum Gasteiger partial charge on any atom is -0.118 e. The summed E-state index contributed by atoms with van der Waals surface area (Å²) in [7, 11) is 0. The van der Waals surface area contributed by atoms with Crippen LogP contribution in [0.5, 0.6) is 0 Å². The van der Waals surface area contributed by atoms with Crippen molar-refractivity contribution in [2.45, 2.75) is 44.1 Å². The highest BCUT2D eigenvalue weighted by Crippen LogP contribution is 2.30. The molecule has 0 aromatic carbocycles. The molecule has 0 saturated carbocycles. The molecule has 0 spiro atoms. The maximum Gasteiger partial charge on any atom is 0.267 e. The molecular formula is C7H13ClN4. The summed E-state index contributed by atoms with van der Waals surface area (Å²) in [5.41, 5.74) is 0. The first-order valence-electron chi connectivity index (χ1n) is 4.30. The Morgan fingerprint density at radius 3 is 2.33 bits per heavy atom. The molecular weight excluding hydrogens is 176 g/mol. The molecule has 0 bridgehead atoms. The molecule has 68 valence electrons. The van der Waals surface area contributed by atoms with Crippen LogP contribution in [0.1, 0.15) is 39.0 Å². The largest absolute Gasteiger partial charge is 0.267 e. The van der Waals surface area contributed by atoms with Crippen LogP contribution in [0.15, 0.2) is 20.7 Å². The van der Waals surface area contributed by atoms with Gasteiger partial charge in [-0.2, -0.15) is 0 Å². The van der Waals surface area contributed by atoms with Gasteiger partial charge in [0, 0.05) is 6.42 Å². The van der Waals surface area contributed by atoms with Crippen LogP contribution < -0.4 is 0 Å². The Bertz CT molecular complexity index is 178. The van der Waals surface area contributed by atoms with Crippen LogP contribution in [0.2, 0.25) is 0 Å². The molecule has 12 heavy (non-hydrogen) atoms. The van der Waals surface area contributed by atoms with Crippen LogP contribution in [0.3, 0.4) is 0 Å². The lowest BCUT2D eigenvalue weighted by Crippen LogP contribution is -2.11. The van der Waals surface area contributed by atoms with Crippen molar-refractivity contribution < 1.29 is 0 Å². The molecule has 0 radical (unpaired) electrons. The first-order valence-corrected chi connectivity index (χ1v) is 4.67. The molecule has 0 atom stereocenters. The van der Waals surface area contributed by atoms with E-state index in [1.165, 1.54) is 19.3 Å². The average Bonchev–Trinajstić information content (AvgIpc) is 2.47. The van der Waals surface area contributed by atoms with E-state index in [0.717, 1.165) is 12.8 Å². The fraction of sp³-hybridized carbons (Fsp3) is 1.00. The van der Waals surface area contributed by atoms with Gasteiger partial charge in [-0.1, -0.05) is 37.8 Å². The summed E-state index contributed by atoms with van der Waals surface area (Å²) in [6.45, 7) is 2.17. The van der Waals surface area contributed by atoms with Crippen molar-refractivity contribution in [1.82, 2.24) is 0 Å². The Hall–Kier alpha value is -0.510. The van der Waals surface area contributed by atoms with E-state index in [0.29, 0.717) is 0 Å². The minimum atomic E-state index is -0.867. The van der Waals surface area contributed by atoms with E-state index < -0.39 is 5.12 Å². The summed E-state index contributed by atoms with van der Waals surface area (Å²) in [5, 5.41) is 13.4. The van der Waals surface area contributed by atoms with Crippen molar-refractivity contribution in [2.24, 2.45) is 20.7 Å². The average molecular weight is 189 g/mol. The summed E-state index contributed by atoms with van der Waals surface area (Å²) < 4.78 is 0. The van der Waals surface area contributed by atoms with Crippen LogP contribution in [0.25, 0.3) is 0 Å². The van der Waals surface area contributed by atoms with Gasteiger partial charge in [-0.25, -0.2) is 0 Å². The van der Waals surface area contributed by atoms with E-state index in [4.69, 9.17) is 11.6 Å².